The number of guanidine groups is 1. The molecule has 0 radical (unpaired) electrons. The van der Waals surface area contributed by atoms with Gasteiger partial charge in [0, 0.05) is 12.5 Å². The fraction of sp³-hybridized carbons (Fsp3) is 0.538. The first kappa shape index (κ1) is 17.8. The van der Waals surface area contributed by atoms with Gasteiger partial charge in [-0.05, 0) is 0 Å². The summed E-state index contributed by atoms with van der Waals surface area (Å²) in [5, 5.41) is 6.03. The van der Waals surface area contributed by atoms with Crippen LogP contribution in [0.2, 0.25) is 0 Å². The fourth-order valence-corrected chi connectivity index (χ4v) is 1.25. The maximum absolute atomic E-state index is 5.65. The molecule has 0 aliphatic rings. The zero-order chi connectivity index (χ0) is 13.6. The number of rotatable bonds is 3. The van der Waals surface area contributed by atoms with Gasteiger partial charge in [0.1, 0.15) is 5.76 Å². The summed E-state index contributed by atoms with van der Waals surface area (Å²) in [6.07, 6.45) is 6.92. The minimum absolute atomic E-state index is 0. The van der Waals surface area contributed by atoms with Crippen LogP contribution in [0.4, 0.5) is 0 Å². The second-order valence-corrected chi connectivity index (χ2v) is 4.85. The summed E-state index contributed by atoms with van der Waals surface area (Å²) in [6, 6.07) is 0. The molecule has 0 bridgehead atoms. The molecule has 1 rings (SSSR count). The van der Waals surface area contributed by atoms with Crippen LogP contribution >= 0.6 is 24.0 Å². The molecule has 1 aromatic heterocycles. The van der Waals surface area contributed by atoms with E-state index in [0.717, 1.165) is 5.76 Å². The molecule has 0 unspecified atom stereocenters. The molecule has 0 aliphatic heterocycles. The third-order valence-corrected chi connectivity index (χ3v) is 2.28. The van der Waals surface area contributed by atoms with Crippen LogP contribution < -0.4 is 10.6 Å². The Morgan fingerprint density at radius 3 is 2.63 bits per heavy atom. The van der Waals surface area contributed by atoms with E-state index in [2.05, 4.69) is 47.3 Å². The Bertz CT molecular complexity index is 454. The fourth-order valence-electron chi connectivity index (χ4n) is 1.25. The molecule has 1 aromatic rings. The molecule has 0 aromatic carbocycles. The Morgan fingerprint density at radius 2 is 2.16 bits per heavy atom. The number of terminal acetylenes is 1. The van der Waals surface area contributed by atoms with Crippen molar-refractivity contribution in [1.29, 1.82) is 0 Å². The van der Waals surface area contributed by atoms with Crippen molar-refractivity contribution in [2.75, 3.05) is 13.6 Å². The first-order chi connectivity index (χ1) is 8.47. The molecule has 2 N–H and O–H groups in total. The molecule has 5 nitrogen and oxygen atoms in total. The van der Waals surface area contributed by atoms with E-state index in [9.17, 15) is 0 Å². The summed E-state index contributed by atoms with van der Waals surface area (Å²) < 4.78 is 5.65. The van der Waals surface area contributed by atoms with Crippen LogP contribution in [0, 0.1) is 12.3 Å². The van der Waals surface area contributed by atoms with Crippen LogP contribution in [0.1, 0.15) is 32.4 Å². The van der Waals surface area contributed by atoms with E-state index in [4.69, 9.17) is 10.8 Å². The third-order valence-electron chi connectivity index (χ3n) is 2.28. The van der Waals surface area contributed by atoms with Gasteiger partial charge in [-0.2, -0.15) is 0 Å². The number of nitrogens with one attached hydrogen (secondary N) is 2. The summed E-state index contributed by atoms with van der Waals surface area (Å²) >= 11 is 0. The lowest BCUT2D eigenvalue weighted by Gasteiger charge is -2.13. The molecule has 1 heterocycles. The van der Waals surface area contributed by atoms with Crippen molar-refractivity contribution in [3.05, 3.63) is 17.8 Å². The lowest BCUT2D eigenvalue weighted by Crippen LogP contribution is -2.36. The van der Waals surface area contributed by atoms with Crippen LogP contribution in [0.3, 0.4) is 0 Å². The quantitative estimate of drug-likeness (QED) is 0.366. The predicted molar refractivity (Wildman–Crippen MR) is 87.7 cm³/mol. The highest BCUT2D eigenvalue weighted by Crippen LogP contribution is 2.22. The van der Waals surface area contributed by atoms with E-state index >= 15 is 0 Å². The predicted octanol–water partition coefficient (Wildman–Crippen LogP) is 1.89. The van der Waals surface area contributed by atoms with Crippen LogP contribution in [0.5, 0.6) is 0 Å². The van der Waals surface area contributed by atoms with Crippen molar-refractivity contribution in [2.45, 2.75) is 32.7 Å². The van der Waals surface area contributed by atoms with Crippen molar-refractivity contribution in [3.63, 3.8) is 0 Å². The van der Waals surface area contributed by atoms with E-state index in [1.807, 2.05) is 0 Å². The highest BCUT2D eigenvalue weighted by Gasteiger charge is 2.19. The Kier molecular flexibility index (Phi) is 7.52. The second-order valence-electron chi connectivity index (χ2n) is 4.85. The Morgan fingerprint density at radius 1 is 1.47 bits per heavy atom. The minimum atomic E-state index is -0.0331. The average molecular weight is 376 g/mol. The Balaban J connectivity index is 0.00000324. The van der Waals surface area contributed by atoms with Crippen LogP contribution in [-0.4, -0.2) is 24.5 Å². The van der Waals surface area contributed by atoms with Gasteiger partial charge in [-0.1, -0.05) is 26.7 Å². The van der Waals surface area contributed by atoms with E-state index in [0.29, 0.717) is 24.9 Å². The van der Waals surface area contributed by atoms with E-state index < -0.39 is 0 Å². The highest BCUT2D eigenvalue weighted by atomic mass is 127. The number of nitrogens with zero attached hydrogens (tertiary/aromatic N) is 2. The molecular weight excluding hydrogens is 355 g/mol. The molecule has 0 atom stereocenters. The van der Waals surface area contributed by atoms with Gasteiger partial charge in [-0.15, -0.1) is 30.4 Å². The summed E-state index contributed by atoms with van der Waals surface area (Å²) in [5.41, 5.74) is -0.0331. The first-order valence-electron chi connectivity index (χ1n) is 5.80. The minimum Gasteiger partial charge on any atom is -0.443 e. The molecule has 106 valence electrons. The summed E-state index contributed by atoms with van der Waals surface area (Å²) in [5.74, 6) is 4.61. The SMILES string of the molecule is C#CCNC(=NC)NCc1ncc(C(C)(C)C)o1.I. The van der Waals surface area contributed by atoms with Gasteiger partial charge in [0.25, 0.3) is 0 Å². The van der Waals surface area contributed by atoms with Crippen LogP contribution in [0.25, 0.3) is 0 Å². The zero-order valence-corrected chi connectivity index (χ0v) is 14.1. The normalized spacial score (nSPS) is 11.4. The molecule has 0 fully saturated rings. The smallest absolute Gasteiger partial charge is 0.213 e. The second kappa shape index (κ2) is 8.04. The van der Waals surface area contributed by atoms with Crippen LogP contribution in [0.15, 0.2) is 15.6 Å². The van der Waals surface area contributed by atoms with Crippen LogP contribution in [-0.2, 0) is 12.0 Å². The molecule has 0 saturated heterocycles. The van der Waals surface area contributed by atoms with Crippen molar-refractivity contribution in [1.82, 2.24) is 15.6 Å². The van der Waals surface area contributed by atoms with Crippen molar-refractivity contribution in [2.24, 2.45) is 4.99 Å². The lowest BCUT2D eigenvalue weighted by molar-refractivity contribution is 0.379. The van der Waals surface area contributed by atoms with E-state index in [1.54, 1.807) is 13.2 Å². The highest BCUT2D eigenvalue weighted by molar-refractivity contribution is 14.0. The number of hydrogen-bond donors (Lipinski definition) is 2. The average Bonchev–Trinajstić information content (AvgIpc) is 2.78. The summed E-state index contributed by atoms with van der Waals surface area (Å²) in [6.45, 7) is 7.15. The van der Waals surface area contributed by atoms with Gasteiger partial charge in [0.05, 0.1) is 19.3 Å². The standard InChI is InChI=1S/C13H20N4O.HI/c1-6-7-15-12(14-5)17-9-11-16-8-10(18-11)13(2,3)4;/h1,8H,7,9H2,2-5H3,(H2,14,15,17);1H. The maximum Gasteiger partial charge on any atom is 0.213 e. The molecular formula is C13H21IN4O. The van der Waals surface area contributed by atoms with Gasteiger partial charge < -0.3 is 15.1 Å². The first-order valence-corrected chi connectivity index (χ1v) is 5.80. The maximum atomic E-state index is 5.65. The molecule has 0 aliphatic carbocycles. The molecule has 19 heavy (non-hydrogen) atoms. The molecule has 6 heteroatoms. The lowest BCUT2D eigenvalue weighted by atomic mass is 9.94. The molecule has 0 spiro atoms. The Hall–Kier alpha value is -1.23. The van der Waals surface area contributed by atoms with Crippen molar-refractivity contribution >= 4 is 29.9 Å². The number of oxazole rings is 1. The molecule has 0 amide bonds. The van der Waals surface area contributed by atoms with Gasteiger partial charge >= 0.3 is 0 Å². The summed E-state index contributed by atoms with van der Waals surface area (Å²) in [7, 11) is 1.68. The monoisotopic (exact) mass is 376 g/mol. The Labute approximate surface area is 131 Å². The van der Waals surface area contributed by atoms with Crippen molar-refractivity contribution in [3.8, 4) is 12.3 Å². The van der Waals surface area contributed by atoms with Gasteiger partial charge in [0.2, 0.25) is 5.89 Å². The topological polar surface area (TPSA) is 62.5 Å². The number of aliphatic imine (C=N–C) groups is 1. The van der Waals surface area contributed by atoms with Gasteiger partial charge in [-0.3, -0.25) is 4.99 Å². The third kappa shape index (κ3) is 5.96. The molecule has 0 saturated carbocycles. The van der Waals surface area contributed by atoms with E-state index in [-0.39, 0.29) is 29.4 Å². The van der Waals surface area contributed by atoms with Gasteiger partial charge in [-0.25, -0.2) is 4.98 Å². The number of halogens is 1. The van der Waals surface area contributed by atoms with Gasteiger partial charge in [0.15, 0.2) is 5.96 Å². The van der Waals surface area contributed by atoms with E-state index in [1.165, 1.54) is 0 Å². The largest absolute Gasteiger partial charge is 0.443 e. The zero-order valence-electron chi connectivity index (χ0n) is 11.8. The number of hydrogen-bond acceptors (Lipinski definition) is 3. The summed E-state index contributed by atoms with van der Waals surface area (Å²) in [4.78, 5) is 8.24. The van der Waals surface area contributed by atoms with Crippen molar-refractivity contribution < 1.29 is 4.42 Å². The number of aromatic nitrogens is 1.